The molecule has 0 aliphatic carbocycles. The number of aryl methyl sites for hydroxylation is 1. The molecule has 1 amide bonds. The van der Waals surface area contributed by atoms with E-state index in [4.69, 9.17) is 4.42 Å². The van der Waals surface area contributed by atoms with Crippen molar-refractivity contribution in [1.82, 2.24) is 29.5 Å². The molecule has 0 bridgehead atoms. The molecule has 1 N–H and O–H groups in total. The van der Waals surface area contributed by atoms with E-state index in [2.05, 4.69) is 25.5 Å². The van der Waals surface area contributed by atoms with Crippen molar-refractivity contribution in [1.29, 1.82) is 0 Å². The molecule has 30 heavy (non-hydrogen) atoms. The lowest BCUT2D eigenvalue weighted by molar-refractivity contribution is 0.0996. The van der Waals surface area contributed by atoms with E-state index in [1.807, 2.05) is 0 Å². The summed E-state index contributed by atoms with van der Waals surface area (Å²) < 4.78 is 21.5. The van der Waals surface area contributed by atoms with Crippen LogP contribution in [0.4, 0.5) is 10.2 Å². The molecule has 0 unspecified atom stereocenters. The van der Waals surface area contributed by atoms with Gasteiger partial charge in [0.25, 0.3) is 5.91 Å². The van der Waals surface area contributed by atoms with Gasteiger partial charge in [-0.3, -0.25) is 4.79 Å². The third-order valence-corrected chi connectivity index (χ3v) is 4.43. The van der Waals surface area contributed by atoms with Crippen LogP contribution < -0.4 is 5.32 Å². The van der Waals surface area contributed by atoms with Gasteiger partial charge >= 0.3 is 0 Å². The molecule has 5 rings (SSSR count). The number of carbonyl (C=O) groups is 1. The minimum absolute atomic E-state index is 0.178. The molecule has 0 aliphatic heterocycles. The van der Waals surface area contributed by atoms with Gasteiger partial charge in [0.2, 0.25) is 0 Å². The summed E-state index contributed by atoms with van der Waals surface area (Å²) in [6.45, 7) is 1.80. The molecule has 0 spiro atoms. The Morgan fingerprint density at radius 1 is 1.13 bits per heavy atom. The van der Waals surface area contributed by atoms with Crippen LogP contribution in [0.25, 0.3) is 22.5 Å². The summed E-state index contributed by atoms with van der Waals surface area (Å²) in [5.41, 5.74) is 1.85. The monoisotopic (exact) mass is 403 g/mol. The number of fused-ring (bicyclic) bond motifs is 1. The fraction of sp³-hybridized carbons (Fsp3) is 0.0500. The minimum Gasteiger partial charge on any atom is -0.459 e. The number of nitrogens with zero attached hydrogens (tertiary/aromatic N) is 6. The SMILES string of the molecule is Cc1cc(NC(=O)c2ccco2)n(-c2ncnc3c2cnn3-c2ccc(F)cc2)n1. The van der Waals surface area contributed by atoms with E-state index in [0.29, 0.717) is 34.1 Å². The third kappa shape index (κ3) is 3.00. The molecule has 4 aromatic heterocycles. The maximum atomic E-state index is 13.3. The van der Waals surface area contributed by atoms with Gasteiger partial charge < -0.3 is 9.73 Å². The highest BCUT2D eigenvalue weighted by Gasteiger charge is 2.18. The minimum atomic E-state index is -0.409. The van der Waals surface area contributed by atoms with E-state index in [-0.39, 0.29) is 11.6 Å². The lowest BCUT2D eigenvalue weighted by Gasteiger charge is -2.08. The summed E-state index contributed by atoms with van der Waals surface area (Å²) >= 11 is 0. The van der Waals surface area contributed by atoms with Gasteiger partial charge in [-0.1, -0.05) is 0 Å². The molecular formula is C20H14FN7O2. The van der Waals surface area contributed by atoms with Gasteiger partial charge in [0.05, 0.1) is 29.2 Å². The van der Waals surface area contributed by atoms with Crippen LogP contribution in [-0.2, 0) is 0 Å². The van der Waals surface area contributed by atoms with Crippen molar-refractivity contribution in [3.8, 4) is 11.5 Å². The predicted octanol–water partition coefficient (Wildman–Crippen LogP) is 3.29. The first kappa shape index (κ1) is 17.7. The number of aromatic nitrogens is 6. The Morgan fingerprint density at radius 3 is 2.73 bits per heavy atom. The van der Waals surface area contributed by atoms with Crippen LogP contribution in [0.1, 0.15) is 16.2 Å². The molecule has 148 valence electrons. The van der Waals surface area contributed by atoms with Crippen LogP contribution in [0.5, 0.6) is 0 Å². The molecule has 0 fully saturated rings. The molecule has 1 aromatic carbocycles. The molecule has 10 heteroatoms. The summed E-state index contributed by atoms with van der Waals surface area (Å²) in [6, 6.07) is 10.8. The smallest absolute Gasteiger partial charge is 0.292 e. The molecule has 5 aromatic rings. The number of rotatable bonds is 4. The topological polar surface area (TPSA) is 104 Å². The standard InChI is InChI=1S/C20H14FN7O2/c1-12-9-17(25-20(29)16-3-2-8-30-16)28(26-12)19-15-10-24-27(18(15)22-11-23-19)14-6-4-13(21)5-7-14/h2-11H,1H3,(H,25,29). The van der Waals surface area contributed by atoms with Crippen molar-refractivity contribution in [2.24, 2.45) is 0 Å². The molecule has 0 saturated heterocycles. The van der Waals surface area contributed by atoms with Crippen LogP contribution >= 0.6 is 0 Å². The van der Waals surface area contributed by atoms with Gasteiger partial charge in [-0.05, 0) is 43.3 Å². The number of hydrogen-bond donors (Lipinski definition) is 1. The number of nitrogens with one attached hydrogen (secondary N) is 1. The van der Waals surface area contributed by atoms with E-state index in [1.54, 1.807) is 48.1 Å². The number of carbonyl (C=O) groups excluding carboxylic acids is 1. The fourth-order valence-electron chi connectivity index (χ4n) is 3.11. The Labute approximate surface area is 168 Å². The average molecular weight is 403 g/mol. The second-order valence-corrected chi connectivity index (χ2v) is 6.48. The van der Waals surface area contributed by atoms with Crippen LogP contribution in [0.2, 0.25) is 0 Å². The first-order valence-electron chi connectivity index (χ1n) is 8.97. The third-order valence-electron chi connectivity index (χ3n) is 4.43. The predicted molar refractivity (Wildman–Crippen MR) is 105 cm³/mol. The summed E-state index contributed by atoms with van der Waals surface area (Å²) in [5, 5.41) is 12.2. The normalized spacial score (nSPS) is 11.1. The van der Waals surface area contributed by atoms with Crippen molar-refractivity contribution < 1.29 is 13.6 Å². The maximum absolute atomic E-state index is 13.3. The van der Waals surface area contributed by atoms with Crippen LogP contribution in [0.15, 0.2) is 65.7 Å². The Hall–Kier alpha value is -4.34. The van der Waals surface area contributed by atoms with Crippen LogP contribution in [0.3, 0.4) is 0 Å². The molecule has 0 atom stereocenters. The lowest BCUT2D eigenvalue weighted by atomic mass is 10.3. The van der Waals surface area contributed by atoms with Gasteiger partial charge in [-0.2, -0.15) is 14.9 Å². The number of hydrogen-bond acceptors (Lipinski definition) is 6. The van der Waals surface area contributed by atoms with Crippen molar-refractivity contribution in [3.05, 3.63) is 78.5 Å². The van der Waals surface area contributed by atoms with Crippen LogP contribution in [0, 0.1) is 12.7 Å². The lowest BCUT2D eigenvalue weighted by Crippen LogP contribution is -2.15. The zero-order valence-electron chi connectivity index (χ0n) is 15.7. The first-order valence-corrected chi connectivity index (χ1v) is 8.97. The van der Waals surface area contributed by atoms with Crippen molar-refractivity contribution in [2.45, 2.75) is 6.92 Å². The number of benzene rings is 1. The summed E-state index contributed by atoms with van der Waals surface area (Å²) in [5.74, 6) is 0.292. The zero-order valence-corrected chi connectivity index (χ0v) is 15.7. The Morgan fingerprint density at radius 2 is 1.97 bits per heavy atom. The van der Waals surface area contributed by atoms with Crippen molar-refractivity contribution in [3.63, 3.8) is 0 Å². The molecule has 0 saturated carbocycles. The van der Waals surface area contributed by atoms with Crippen molar-refractivity contribution >= 4 is 22.8 Å². The van der Waals surface area contributed by atoms with Gasteiger partial charge in [0, 0.05) is 6.07 Å². The van der Waals surface area contributed by atoms with Crippen molar-refractivity contribution in [2.75, 3.05) is 5.32 Å². The summed E-state index contributed by atoms with van der Waals surface area (Å²) in [6.07, 6.45) is 4.41. The zero-order chi connectivity index (χ0) is 20.7. The summed E-state index contributed by atoms with van der Waals surface area (Å²) in [7, 11) is 0. The maximum Gasteiger partial charge on any atom is 0.292 e. The Balaban J connectivity index is 1.59. The highest BCUT2D eigenvalue weighted by molar-refractivity contribution is 6.02. The highest BCUT2D eigenvalue weighted by atomic mass is 19.1. The average Bonchev–Trinajstić information content (AvgIpc) is 3.48. The van der Waals surface area contributed by atoms with E-state index in [9.17, 15) is 9.18 Å². The molecular weight excluding hydrogens is 389 g/mol. The van der Waals surface area contributed by atoms with Gasteiger partial charge in [0.15, 0.2) is 17.2 Å². The van der Waals surface area contributed by atoms with Crippen LogP contribution in [-0.4, -0.2) is 35.4 Å². The number of halogens is 1. The number of amides is 1. The second kappa shape index (κ2) is 6.92. The van der Waals surface area contributed by atoms with E-state index in [0.717, 1.165) is 0 Å². The van der Waals surface area contributed by atoms with E-state index in [1.165, 1.54) is 29.4 Å². The Kier molecular flexibility index (Phi) is 4.09. The molecule has 9 nitrogen and oxygen atoms in total. The van der Waals surface area contributed by atoms with E-state index < -0.39 is 5.91 Å². The van der Waals surface area contributed by atoms with Gasteiger partial charge in [-0.15, -0.1) is 0 Å². The first-order chi connectivity index (χ1) is 14.6. The fourth-order valence-corrected chi connectivity index (χ4v) is 3.11. The second-order valence-electron chi connectivity index (χ2n) is 6.48. The summed E-state index contributed by atoms with van der Waals surface area (Å²) in [4.78, 5) is 21.1. The van der Waals surface area contributed by atoms with Gasteiger partial charge in [-0.25, -0.2) is 19.0 Å². The number of anilines is 1. The Bertz CT molecular complexity index is 1350. The molecule has 4 heterocycles. The largest absolute Gasteiger partial charge is 0.459 e. The molecule has 0 radical (unpaired) electrons. The number of furan rings is 1. The quantitative estimate of drug-likeness (QED) is 0.494. The van der Waals surface area contributed by atoms with Gasteiger partial charge in [0.1, 0.15) is 18.0 Å². The van der Waals surface area contributed by atoms with E-state index >= 15 is 0 Å². The highest BCUT2D eigenvalue weighted by Crippen LogP contribution is 2.24. The molecule has 0 aliphatic rings.